The van der Waals surface area contributed by atoms with E-state index in [0.717, 1.165) is 0 Å². The molecule has 0 bridgehead atoms. The van der Waals surface area contributed by atoms with Gasteiger partial charge in [0.05, 0.1) is 0 Å². The smallest absolute Gasteiger partial charge is 0.352 e. The fraction of sp³-hybridized carbons (Fsp3) is 0.143. The van der Waals surface area contributed by atoms with Gasteiger partial charge in [-0.2, -0.15) is 0 Å². The van der Waals surface area contributed by atoms with Crippen molar-refractivity contribution in [3.63, 3.8) is 0 Å². The molecule has 0 aliphatic rings. The molecule has 1 aromatic rings. The average Bonchev–Trinajstić information content (AvgIpc) is 2.26. The minimum Gasteiger partial charge on any atom is -0.478 e. The first-order valence-corrected chi connectivity index (χ1v) is 3.39. The molecule has 0 fully saturated rings. The molecule has 0 amide bonds. The highest BCUT2D eigenvalue weighted by atomic mass is 16.4. The highest BCUT2D eigenvalue weighted by Gasteiger charge is 2.21. The van der Waals surface area contributed by atoms with Crippen LogP contribution in [0.15, 0.2) is 0 Å². The molecule has 0 saturated heterocycles. The highest BCUT2D eigenvalue weighted by Crippen LogP contribution is 2.19. The molecule has 0 aliphatic carbocycles. The zero-order chi connectivity index (χ0) is 10.2. The van der Waals surface area contributed by atoms with Gasteiger partial charge in [-0.25, -0.2) is 9.59 Å². The minimum atomic E-state index is -1.24. The van der Waals surface area contributed by atoms with Crippen molar-refractivity contribution in [2.24, 2.45) is 0 Å². The van der Waals surface area contributed by atoms with Gasteiger partial charge in [0.1, 0.15) is 17.1 Å². The van der Waals surface area contributed by atoms with Crippen molar-refractivity contribution in [2.45, 2.75) is 6.92 Å². The molecule has 0 aliphatic heterocycles. The number of carboxylic acid groups (broad SMARTS) is 2. The lowest BCUT2D eigenvalue weighted by molar-refractivity contribution is 0.0688. The minimum absolute atomic E-state index is 0.137. The number of aromatic carboxylic acids is 2. The summed E-state index contributed by atoms with van der Waals surface area (Å²) in [5.74, 6) is -2.60. The molecule has 6 heteroatoms. The Morgan fingerprint density at radius 1 is 1.31 bits per heavy atom. The van der Waals surface area contributed by atoms with Crippen LogP contribution in [0, 0.1) is 6.92 Å². The van der Waals surface area contributed by atoms with Gasteiger partial charge in [-0.15, -0.1) is 0 Å². The largest absolute Gasteiger partial charge is 0.478 e. The number of aromatic amines is 1. The molecule has 0 unspecified atom stereocenters. The Morgan fingerprint density at radius 2 is 1.85 bits per heavy atom. The zero-order valence-corrected chi connectivity index (χ0v) is 6.79. The number of carbonyl (C=O) groups is 2. The molecule has 5 N–H and O–H groups in total. The van der Waals surface area contributed by atoms with E-state index >= 15 is 0 Å². The number of nitrogens with one attached hydrogen (secondary N) is 1. The molecule has 13 heavy (non-hydrogen) atoms. The van der Waals surface area contributed by atoms with E-state index in [4.69, 9.17) is 15.9 Å². The predicted octanol–water partition coefficient (Wildman–Crippen LogP) is 0.302. The Morgan fingerprint density at radius 3 is 2.08 bits per heavy atom. The number of rotatable bonds is 2. The van der Waals surface area contributed by atoms with Gasteiger partial charge in [-0.3, -0.25) is 0 Å². The zero-order valence-electron chi connectivity index (χ0n) is 6.79. The standard InChI is InChI=1S/C7H8N2O4/c1-2-3(6(10)11)5(8)9-4(2)7(12)13/h9H,8H2,1H3,(H,10,11)(H,12,13). The van der Waals surface area contributed by atoms with Crippen LogP contribution in [-0.2, 0) is 0 Å². The number of H-pyrrole nitrogens is 1. The second-order valence-corrected chi connectivity index (χ2v) is 2.52. The summed E-state index contributed by atoms with van der Waals surface area (Å²) in [5, 5.41) is 17.3. The summed E-state index contributed by atoms with van der Waals surface area (Å²) in [5.41, 5.74) is 5.05. The van der Waals surface area contributed by atoms with Gasteiger partial charge in [0.15, 0.2) is 0 Å². The van der Waals surface area contributed by atoms with Gasteiger partial charge in [0.25, 0.3) is 0 Å². The summed E-state index contributed by atoms with van der Waals surface area (Å²) >= 11 is 0. The molecule has 1 aromatic heterocycles. The van der Waals surface area contributed by atoms with Crippen LogP contribution in [0.4, 0.5) is 5.82 Å². The molecular weight excluding hydrogens is 176 g/mol. The van der Waals surface area contributed by atoms with Crippen molar-refractivity contribution < 1.29 is 19.8 Å². The fourth-order valence-corrected chi connectivity index (χ4v) is 1.11. The molecule has 6 nitrogen and oxygen atoms in total. The Hall–Kier alpha value is -1.98. The Balaban J connectivity index is 3.39. The molecule has 0 atom stereocenters. The van der Waals surface area contributed by atoms with E-state index in [1.165, 1.54) is 6.92 Å². The second-order valence-electron chi connectivity index (χ2n) is 2.52. The van der Waals surface area contributed by atoms with E-state index in [0.29, 0.717) is 0 Å². The highest BCUT2D eigenvalue weighted by molar-refractivity contribution is 6.00. The average molecular weight is 184 g/mol. The van der Waals surface area contributed by atoms with E-state index in [-0.39, 0.29) is 22.6 Å². The quantitative estimate of drug-likeness (QED) is 0.527. The van der Waals surface area contributed by atoms with Gasteiger partial charge in [-0.05, 0) is 12.5 Å². The van der Waals surface area contributed by atoms with E-state index < -0.39 is 11.9 Å². The van der Waals surface area contributed by atoms with Crippen LogP contribution < -0.4 is 5.73 Å². The van der Waals surface area contributed by atoms with Crippen LogP contribution >= 0.6 is 0 Å². The van der Waals surface area contributed by atoms with E-state index in [1.54, 1.807) is 0 Å². The first-order chi connectivity index (χ1) is 5.95. The molecule has 70 valence electrons. The summed E-state index contributed by atoms with van der Waals surface area (Å²) in [6.45, 7) is 1.39. The third-order valence-corrected chi connectivity index (χ3v) is 1.71. The molecular formula is C7H8N2O4. The Kier molecular flexibility index (Phi) is 1.97. The van der Waals surface area contributed by atoms with Gasteiger partial charge in [0.2, 0.25) is 0 Å². The molecule has 0 spiro atoms. The number of hydrogen-bond donors (Lipinski definition) is 4. The number of aromatic nitrogens is 1. The molecule has 1 heterocycles. The maximum atomic E-state index is 10.6. The molecule has 0 radical (unpaired) electrons. The molecule has 0 aromatic carbocycles. The summed E-state index contributed by atoms with van der Waals surface area (Å²) in [7, 11) is 0. The number of anilines is 1. The van der Waals surface area contributed by atoms with Crippen LogP contribution in [0.5, 0.6) is 0 Å². The van der Waals surface area contributed by atoms with Crippen molar-refractivity contribution in [1.29, 1.82) is 0 Å². The maximum Gasteiger partial charge on any atom is 0.352 e. The lowest BCUT2D eigenvalue weighted by Gasteiger charge is -1.92. The van der Waals surface area contributed by atoms with Gasteiger partial charge >= 0.3 is 11.9 Å². The lowest BCUT2D eigenvalue weighted by Crippen LogP contribution is -2.02. The molecule has 1 rings (SSSR count). The number of carboxylic acids is 2. The van der Waals surface area contributed by atoms with Crippen molar-refractivity contribution in [3.05, 3.63) is 16.8 Å². The van der Waals surface area contributed by atoms with Gasteiger partial charge < -0.3 is 20.9 Å². The van der Waals surface area contributed by atoms with Crippen molar-refractivity contribution >= 4 is 17.8 Å². The molecule has 0 saturated carbocycles. The van der Waals surface area contributed by atoms with Crippen LogP contribution in [0.3, 0.4) is 0 Å². The first kappa shape index (κ1) is 9.11. The Bertz CT molecular complexity index is 380. The predicted molar refractivity (Wildman–Crippen MR) is 43.9 cm³/mol. The first-order valence-electron chi connectivity index (χ1n) is 3.39. The second kappa shape index (κ2) is 2.81. The van der Waals surface area contributed by atoms with E-state index in [1.807, 2.05) is 0 Å². The van der Waals surface area contributed by atoms with E-state index in [9.17, 15) is 9.59 Å². The Labute approximate surface area is 73.0 Å². The summed E-state index contributed by atoms with van der Waals surface area (Å²) < 4.78 is 0. The third kappa shape index (κ3) is 1.33. The SMILES string of the molecule is Cc1c(C(=O)O)[nH]c(N)c1C(=O)O. The van der Waals surface area contributed by atoms with Crippen LogP contribution in [0.2, 0.25) is 0 Å². The lowest BCUT2D eigenvalue weighted by atomic mass is 10.1. The monoisotopic (exact) mass is 184 g/mol. The van der Waals surface area contributed by atoms with E-state index in [2.05, 4.69) is 4.98 Å². The van der Waals surface area contributed by atoms with Crippen molar-refractivity contribution in [2.75, 3.05) is 5.73 Å². The third-order valence-electron chi connectivity index (χ3n) is 1.71. The van der Waals surface area contributed by atoms with Gasteiger partial charge in [0, 0.05) is 0 Å². The summed E-state index contributed by atoms with van der Waals surface area (Å²) in [6, 6.07) is 0. The van der Waals surface area contributed by atoms with Crippen molar-refractivity contribution in [3.8, 4) is 0 Å². The van der Waals surface area contributed by atoms with Crippen LogP contribution in [-0.4, -0.2) is 27.1 Å². The number of hydrogen-bond acceptors (Lipinski definition) is 3. The number of nitrogen functional groups attached to an aromatic ring is 1. The van der Waals surface area contributed by atoms with Crippen LogP contribution in [0.25, 0.3) is 0 Å². The van der Waals surface area contributed by atoms with Crippen LogP contribution in [0.1, 0.15) is 26.4 Å². The topological polar surface area (TPSA) is 116 Å². The fourth-order valence-electron chi connectivity index (χ4n) is 1.11. The van der Waals surface area contributed by atoms with Gasteiger partial charge in [-0.1, -0.05) is 0 Å². The number of nitrogens with two attached hydrogens (primary N) is 1. The normalized spacial score (nSPS) is 9.92. The summed E-state index contributed by atoms with van der Waals surface area (Å²) in [4.78, 5) is 23.4. The summed E-state index contributed by atoms with van der Waals surface area (Å²) in [6.07, 6.45) is 0. The van der Waals surface area contributed by atoms with Crippen molar-refractivity contribution in [1.82, 2.24) is 4.98 Å². The maximum absolute atomic E-state index is 10.6.